The highest BCUT2D eigenvalue weighted by Gasteiger charge is 2.43. The maximum absolute atomic E-state index is 13.1. The van der Waals surface area contributed by atoms with Gasteiger partial charge in [0.2, 0.25) is 0 Å². The molecule has 386 valence electrons. The van der Waals surface area contributed by atoms with E-state index in [-0.39, 0.29) is 43.5 Å². The number of ether oxygens (including phenoxy) is 9. The predicted molar refractivity (Wildman–Crippen MR) is 264 cm³/mol. The second kappa shape index (κ2) is 27.3. The van der Waals surface area contributed by atoms with Gasteiger partial charge in [-0.25, -0.2) is 14.4 Å². The average molecular weight is 1000 g/mol. The molecule has 0 radical (unpaired) electrons. The fourth-order valence-corrected chi connectivity index (χ4v) is 7.90. The van der Waals surface area contributed by atoms with E-state index < -0.39 is 36.3 Å². The van der Waals surface area contributed by atoms with Crippen LogP contribution in [0.4, 0.5) is 13.2 Å². The molecule has 1 saturated carbocycles. The Kier molecular flexibility index (Phi) is 20.7. The molecular weight excluding hydrogens is 936 g/mol. The molecule has 6 rings (SSSR count). The summed E-state index contributed by atoms with van der Waals surface area (Å²) in [7, 11) is 0. The lowest BCUT2D eigenvalue weighted by Crippen LogP contribution is -2.22. The second-order valence-electron chi connectivity index (χ2n) is 17.7. The van der Waals surface area contributed by atoms with Crippen molar-refractivity contribution in [3.63, 3.8) is 0 Å². The molecule has 4 aromatic rings. The number of carbonyl (C=O) groups excluding carboxylic acids is 3. The van der Waals surface area contributed by atoms with Crippen molar-refractivity contribution in [2.75, 3.05) is 59.5 Å². The van der Waals surface area contributed by atoms with Crippen molar-refractivity contribution in [1.29, 1.82) is 5.41 Å². The van der Waals surface area contributed by atoms with Crippen LogP contribution in [0, 0.1) is 11.3 Å². The minimum absolute atomic E-state index is 0.0438. The molecule has 0 amide bonds. The van der Waals surface area contributed by atoms with Gasteiger partial charge in [-0.05, 0) is 127 Å². The van der Waals surface area contributed by atoms with Crippen LogP contribution >= 0.6 is 0 Å². The molecule has 1 aliphatic heterocycles. The van der Waals surface area contributed by atoms with Gasteiger partial charge in [0.05, 0.1) is 37.6 Å². The fraction of sp³-hybridized carbons (Fsp3) is 0.429. The number of epoxide rings is 1. The molecule has 3 unspecified atom stereocenters. The lowest BCUT2D eigenvalue weighted by molar-refractivity contribution is -0.151. The number of hydrogen-bond acceptors (Lipinski definition) is 13. The van der Waals surface area contributed by atoms with Crippen molar-refractivity contribution >= 4 is 24.1 Å². The average Bonchev–Trinajstić information content (AvgIpc) is 4.16. The first-order valence-electron chi connectivity index (χ1n) is 24.4. The number of benzene rings is 4. The molecule has 1 saturated heterocycles. The van der Waals surface area contributed by atoms with Crippen LogP contribution in [-0.4, -0.2) is 102 Å². The van der Waals surface area contributed by atoms with Gasteiger partial charge in [0.15, 0.2) is 23.0 Å². The molecule has 2 aliphatic rings. The number of halogens is 3. The Labute approximate surface area is 419 Å². The molecular formula is C56H64F3NO12. The highest BCUT2D eigenvalue weighted by molar-refractivity contribution is 5.90. The lowest BCUT2D eigenvalue weighted by Gasteiger charge is -2.18. The van der Waals surface area contributed by atoms with E-state index >= 15 is 0 Å². The molecule has 1 N–H and O–H groups in total. The molecule has 13 nitrogen and oxygen atoms in total. The van der Waals surface area contributed by atoms with Crippen molar-refractivity contribution < 1.29 is 70.2 Å². The smallest absolute Gasteiger partial charge is 0.422 e. The zero-order valence-corrected chi connectivity index (χ0v) is 41.0. The molecule has 0 spiro atoms. The Bertz CT molecular complexity index is 2490. The van der Waals surface area contributed by atoms with Gasteiger partial charge in [-0.2, -0.15) is 13.2 Å². The van der Waals surface area contributed by atoms with E-state index in [0.29, 0.717) is 79.8 Å². The van der Waals surface area contributed by atoms with Gasteiger partial charge >= 0.3 is 24.1 Å². The number of aryl methyl sites for hydroxylation is 2. The largest absolute Gasteiger partial charge is 0.490 e. The number of esters is 3. The third-order valence-electron chi connectivity index (χ3n) is 12.1. The first-order valence-corrected chi connectivity index (χ1v) is 24.4. The highest BCUT2D eigenvalue weighted by Crippen LogP contribution is 2.39. The summed E-state index contributed by atoms with van der Waals surface area (Å²) < 4.78 is 89.2. The Morgan fingerprint density at radius 1 is 0.667 bits per heavy atom. The van der Waals surface area contributed by atoms with Gasteiger partial charge < -0.3 is 48.0 Å². The zero-order valence-electron chi connectivity index (χ0n) is 41.0. The van der Waals surface area contributed by atoms with Gasteiger partial charge in [-0.3, -0.25) is 0 Å². The van der Waals surface area contributed by atoms with Gasteiger partial charge in [-0.15, -0.1) is 0 Å². The van der Waals surface area contributed by atoms with Crippen LogP contribution in [0.15, 0.2) is 103 Å². The minimum atomic E-state index is -4.92. The normalized spacial score (nSPS) is 15.9. The van der Waals surface area contributed by atoms with Crippen molar-refractivity contribution in [2.24, 2.45) is 5.92 Å². The Morgan fingerprint density at radius 2 is 1.31 bits per heavy atom. The quantitative estimate of drug-likeness (QED) is 0.0132. The van der Waals surface area contributed by atoms with Crippen LogP contribution in [0.3, 0.4) is 0 Å². The van der Waals surface area contributed by atoms with E-state index in [1.165, 1.54) is 19.6 Å². The Hall–Kier alpha value is -6.65. The third kappa shape index (κ3) is 17.0. The van der Waals surface area contributed by atoms with Crippen LogP contribution in [0.1, 0.15) is 85.0 Å². The third-order valence-corrected chi connectivity index (χ3v) is 12.1. The molecule has 16 heteroatoms. The standard InChI is InChI=1S/C56H64F3NO12/c1-5-6-24-66-51-34-45(18-21-48(51)65-25-7-23-64-36-41-11-20-49-52(33-41)72-49)42-14-16-44(17-15-42)55(63)69-26-22-40-9-13-43(46(31-40)35-60)12-8-39-10-19-47(50(32-39)68-28-29-70-53(61)37(2)3)67-27-30-71-54(62)38(4)56(57,58)59/h9-10,13-19,21,31-32,34-35,41,49,52,60H,2,4-8,11-12,20,22-30,33,36H2,1,3H3. The number of hydrogen-bond donors (Lipinski definition) is 1. The molecule has 4 aromatic carbocycles. The number of carbonyl (C=O) groups is 3. The van der Waals surface area contributed by atoms with E-state index in [1.807, 2.05) is 48.5 Å². The summed E-state index contributed by atoms with van der Waals surface area (Å²) in [5.74, 6) is -0.218. The molecule has 72 heavy (non-hydrogen) atoms. The summed E-state index contributed by atoms with van der Waals surface area (Å²) in [5.41, 5.74) is 4.17. The van der Waals surface area contributed by atoms with Crippen molar-refractivity contribution in [1.82, 2.24) is 0 Å². The lowest BCUT2D eigenvalue weighted by atomic mass is 9.90. The Morgan fingerprint density at radius 3 is 2.01 bits per heavy atom. The van der Waals surface area contributed by atoms with Gasteiger partial charge in [0.25, 0.3) is 0 Å². The van der Waals surface area contributed by atoms with Crippen molar-refractivity contribution in [3.05, 3.63) is 131 Å². The Balaban J connectivity index is 0.971. The van der Waals surface area contributed by atoms with E-state index in [2.05, 4.69) is 24.8 Å². The summed E-state index contributed by atoms with van der Waals surface area (Å²) in [6.07, 6.45) is 4.93. The second-order valence-corrected chi connectivity index (χ2v) is 17.7. The fourth-order valence-electron chi connectivity index (χ4n) is 7.90. The van der Waals surface area contributed by atoms with Crippen LogP contribution in [0.2, 0.25) is 0 Å². The molecule has 1 heterocycles. The van der Waals surface area contributed by atoms with Gasteiger partial charge in [-0.1, -0.05) is 62.9 Å². The highest BCUT2D eigenvalue weighted by atomic mass is 19.4. The van der Waals surface area contributed by atoms with E-state index in [4.69, 9.17) is 43.3 Å². The molecule has 1 aliphatic carbocycles. The van der Waals surface area contributed by atoms with Crippen LogP contribution in [0.25, 0.3) is 11.1 Å². The number of rotatable bonds is 30. The number of alkyl halides is 3. The predicted octanol–water partition coefficient (Wildman–Crippen LogP) is 10.6. The van der Waals surface area contributed by atoms with E-state index in [0.717, 1.165) is 66.5 Å². The number of fused-ring (bicyclic) bond motifs is 1. The number of nitrogens with one attached hydrogen (secondary N) is 1. The first kappa shape index (κ1) is 54.7. The summed E-state index contributed by atoms with van der Waals surface area (Å²) in [4.78, 5) is 36.6. The number of unbranched alkanes of at least 4 members (excludes halogenated alkanes) is 1. The maximum atomic E-state index is 13.1. The van der Waals surface area contributed by atoms with Crippen molar-refractivity contribution in [3.8, 4) is 34.1 Å². The molecule has 0 aromatic heterocycles. The van der Waals surface area contributed by atoms with E-state index in [1.54, 1.807) is 30.3 Å². The van der Waals surface area contributed by atoms with Crippen LogP contribution in [-0.2, 0) is 52.5 Å². The summed E-state index contributed by atoms with van der Waals surface area (Å²) >= 11 is 0. The zero-order chi connectivity index (χ0) is 51.5. The maximum Gasteiger partial charge on any atom is 0.422 e. The van der Waals surface area contributed by atoms with Gasteiger partial charge in [0, 0.05) is 37.8 Å². The summed E-state index contributed by atoms with van der Waals surface area (Å²) in [6.45, 7) is 11.6. The SMILES string of the molecule is C=C(C)C(=O)OCCOc1cc(CCc2ccc(CCOC(=O)c3ccc(-c4ccc(OCCCOCC5CCC6OC6C5)c(OCCCC)c4)cc3)cc2C=N)ccc1OCCOC(=O)C(=C)C(F)(F)F. The molecule has 3 atom stereocenters. The van der Waals surface area contributed by atoms with Crippen LogP contribution in [0.5, 0.6) is 23.0 Å². The van der Waals surface area contributed by atoms with Crippen molar-refractivity contribution in [2.45, 2.75) is 90.0 Å². The monoisotopic (exact) mass is 999 g/mol. The summed E-state index contributed by atoms with van der Waals surface area (Å²) in [6, 6.07) is 24.0. The molecule has 2 fully saturated rings. The van der Waals surface area contributed by atoms with Crippen LogP contribution < -0.4 is 18.9 Å². The first-order chi connectivity index (χ1) is 34.7. The summed E-state index contributed by atoms with van der Waals surface area (Å²) in [5, 5.41) is 8.11. The van der Waals surface area contributed by atoms with E-state index in [9.17, 15) is 27.6 Å². The minimum Gasteiger partial charge on any atom is -0.490 e. The molecule has 0 bridgehead atoms. The van der Waals surface area contributed by atoms with Gasteiger partial charge in [0.1, 0.15) is 32.0 Å². The topological polar surface area (TPSA) is 161 Å².